The Balaban J connectivity index is 5.11. The first kappa shape index (κ1) is 32.7. The zero-order chi connectivity index (χ0) is 25.4. The molecule has 0 aromatic carbocycles. The number of methoxy groups -OCH3 is 3. The highest BCUT2D eigenvalue weighted by Crippen LogP contribution is 2.21. The molecule has 0 rings (SSSR count). The number of hydrogen-bond donors (Lipinski definition) is 0. The molecule has 0 aliphatic rings. The largest absolute Gasteiger partial charge is 0.462 e. The lowest BCUT2D eigenvalue weighted by molar-refractivity contribution is -0.167. The van der Waals surface area contributed by atoms with Crippen LogP contribution in [0.5, 0.6) is 0 Å². The summed E-state index contributed by atoms with van der Waals surface area (Å²) in [6, 6.07) is 0. The molecule has 0 bridgehead atoms. The second-order valence-electron chi connectivity index (χ2n) is 8.19. The molecule has 0 radical (unpaired) electrons. The normalized spacial score (nSPS) is 14.8. The van der Waals surface area contributed by atoms with E-state index in [0.717, 1.165) is 19.3 Å². The first-order valence-electron chi connectivity index (χ1n) is 12.3. The van der Waals surface area contributed by atoms with E-state index in [1.54, 1.807) is 26.4 Å². The first-order valence-corrected chi connectivity index (χ1v) is 12.3. The van der Waals surface area contributed by atoms with Gasteiger partial charge in [-0.3, -0.25) is 4.79 Å². The van der Waals surface area contributed by atoms with Gasteiger partial charge in [-0.2, -0.15) is 0 Å². The van der Waals surface area contributed by atoms with E-state index >= 15 is 0 Å². The molecule has 4 atom stereocenters. The third-order valence-corrected chi connectivity index (χ3v) is 5.33. The van der Waals surface area contributed by atoms with Crippen molar-refractivity contribution in [3.63, 3.8) is 0 Å². The monoisotopic (exact) mass is 488 g/mol. The highest BCUT2D eigenvalue weighted by atomic mass is 16.7. The van der Waals surface area contributed by atoms with Crippen LogP contribution in [0, 0.1) is 0 Å². The maximum atomic E-state index is 12.7. The Kier molecular flexibility index (Phi) is 22.6. The zero-order valence-corrected chi connectivity index (χ0v) is 21.8. The standard InChI is InChI=1S/C26H48O8/c1-7-10-11-12-13-14-15-16-23(34-26(27)18-22(8-2)31-19-28-4)17-25(33-21-30-6)24(9-3)32-20-29-5/h8-9,22-25H,2-3,7,10-21H2,1,4-6H3/t22-,23-,24+,25+/m0/s1. The first-order chi connectivity index (χ1) is 16.6. The molecule has 0 spiro atoms. The van der Waals surface area contributed by atoms with Crippen LogP contribution in [-0.4, -0.2) is 72.1 Å². The lowest BCUT2D eigenvalue weighted by Crippen LogP contribution is -2.36. The molecule has 8 nitrogen and oxygen atoms in total. The minimum atomic E-state index is -0.474. The Morgan fingerprint density at radius 2 is 1.38 bits per heavy atom. The molecule has 0 N–H and O–H groups in total. The summed E-state index contributed by atoms with van der Waals surface area (Å²) < 4.78 is 37.9. The minimum Gasteiger partial charge on any atom is -0.462 e. The summed E-state index contributed by atoms with van der Waals surface area (Å²) in [6.07, 6.45) is 11.1. The molecule has 0 saturated heterocycles. The lowest BCUT2D eigenvalue weighted by atomic mass is 10.00. The number of carbonyl (C=O) groups excluding carboxylic acids is 1. The Labute approximate surface area is 206 Å². The smallest absolute Gasteiger partial charge is 0.309 e. The van der Waals surface area contributed by atoms with Crippen molar-refractivity contribution in [2.75, 3.05) is 41.7 Å². The molecule has 0 unspecified atom stereocenters. The molecule has 0 fully saturated rings. The van der Waals surface area contributed by atoms with E-state index in [2.05, 4.69) is 20.1 Å². The van der Waals surface area contributed by atoms with Gasteiger partial charge in [0.1, 0.15) is 32.6 Å². The Hall–Kier alpha value is -1.29. The third kappa shape index (κ3) is 17.2. The van der Waals surface area contributed by atoms with Gasteiger partial charge in [-0.15, -0.1) is 13.2 Å². The molecule has 0 aliphatic heterocycles. The molecule has 0 heterocycles. The molecule has 0 aromatic rings. The van der Waals surface area contributed by atoms with Crippen molar-refractivity contribution in [2.24, 2.45) is 0 Å². The van der Waals surface area contributed by atoms with Crippen molar-refractivity contribution < 1.29 is 38.0 Å². The highest BCUT2D eigenvalue weighted by Gasteiger charge is 2.27. The average molecular weight is 489 g/mol. The van der Waals surface area contributed by atoms with Crippen molar-refractivity contribution in [1.82, 2.24) is 0 Å². The van der Waals surface area contributed by atoms with Crippen LogP contribution in [0.25, 0.3) is 0 Å². The van der Waals surface area contributed by atoms with Crippen molar-refractivity contribution in [2.45, 2.75) is 95.5 Å². The van der Waals surface area contributed by atoms with Crippen molar-refractivity contribution in [1.29, 1.82) is 0 Å². The SMILES string of the molecule is C=C[C@@H](CC(=O)O[C@@H](CCCCCCCCC)C[C@@H](OCOC)[C@@H](C=C)OCOC)OCOC. The number of rotatable bonds is 25. The maximum absolute atomic E-state index is 12.7. The van der Waals surface area contributed by atoms with E-state index in [-0.39, 0.29) is 38.9 Å². The predicted molar refractivity (Wildman–Crippen MR) is 132 cm³/mol. The predicted octanol–water partition coefficient (Wildman–Crippen LogP) is 5.16. The number of carbonyl (C=O) groups is 1. The van der Waals surface area contributed by atoms with Crippen LogP contribution < -0.4 is 0 Å². The topological polar surface area (TPSA) is 81.7 Å². The second kappa shape index (κ2) is 23.5. The molecule has 34 heavy (non-hydrogen) atoms. The summed E-state index contributed by atoms with van der Waals surface area (Å²) in [5.41, 5.74) is 0. The number of unbranched alkanes of at least 4 members (excludes halogenated alkanes) is 6. The van der Waals surface area contributed by atoms with E-state index in [4.69, 9.17) is 33.2 Å². The number of hydrogen-bond acceptors (Lipinski definition) is 8. The molecular weight excluding hydrogens is 440 g/mol. The van der Waals surface area contributed by atoms with Gasteiger partial charge in [0.15, 0.2) is 0 Å². The van der Waals surface area contributed by atoms with Crippen LogP contribution >= 0.6 is 0 Å². The molecule has 0 aliphatic carbocycles. The fourth-order valence-electron chi connectivity index (χ4n) is 3.50. The maximum Gasteiger partial charge on any atom is 0.309 e. The van der Waals surface area contributed by atoms with E-state index < -0.39 is 18.3 Å². The van der Waals surface area contributed by atoms with Crippen molar-refractivity contribution >= 4 is 5.97 Å². The molecule has 0 saturated carbocycles. The Morgan fingerprint density at radius 3 is 1.97 bits per heavy atom. The summed E-state index contributed by atoms with van der Waals surface area (Å²) in [5, 5.41) is 0. The van der Waals surface area contributed by atoms with Gasteiger partial charge in [0.2, 0.25) is 0 Å². The Bertz CT molecular complexity index is 499. The van der Waals surface area contributed by atoms with Gasteiger partial charge in [-0.1, -0.05) is 57.6 Å². The minimum absolute atomic E-state index is 0.0645. The van der Waals surface area contributed by atoms with Gasteiger partial charge >= 0.3 is 5.97 Å². The molecule has 200 valence electrons. The van der Waals surface area contributed by atoms with Crippen molar-refractivity contribution in [3.8, 4) is 0 Å². The summed E-state index contributed by atoms with van der Waals surface area (Å²) >= 11 is 0. The van der Waals surface area contributed by atoms with Crippen molar-refractivity contribution in [3.05, 3.63) is 25.3 Å². The summed E-state index contributed by atoms with van der Waals surface area (Å²) in [7, 11) is 4.64. The quantitative estimate of drug-likeness (QED) is 0.0754. The molecule has 0 aromatic heterocycles. The third-order valence-electron chi connectivity index (χ3n) is 5.33. The van der Waals surface area contributed by atoms with E-state index in [0.29, 0.717) is 6.42 Å². The number of esters is 1. The van der Waals surface area contributed by atoms with Gasteiger partial charge in [0, 0.05) is 27.8 Å². The van der Waals surface area contributed by atoms with Gasteiger partial charge in [-0.25, -0.2) is 0 Å². The van der Waals surface area contributed by atoms with Crippen LogP contribution in [-0.2, 0) is 38.0 Å². The lowest BCUT2D eigenvalue weighted by Gasteiger charge is -2.28. The van der Waals surface area contributed by atoms with Crippen LogP contribution in [0.15, 0.2) is 25.3 Å². The molecular formula is C26H48O8. The van der Waals surface area contributed by atoms with Crippen LogP contribution in [0.4, 0.5) is 0 Å². The van der Waals surface area contributed by atoms with E-state index in [9.17, 15) is 4.79 Å². The Morgan fingerprint density at radius 1 is 0.794 bits per heavy atom. The summed E-state index contributed by atoms with van der Waals surface area (Å²) in [6.45, 7) is 10.1. The zero-order valence-electron chi connectivity index (χ0n) is 21.8. The second-order valence-corrected chi connectivity index (χ2v) is 8.19. The van der Waals surface area contributed by atoms with E-state index in [1.165, 1.54) is 39.2 Å². The fourth-order valence-corrected chi connectivity index (χ4v) is 3.50. The average Bonchev–Trinajstić information content (AvgIpc) is 2.84. The van der Waals surface area contributed by atoms with Gasteiger partial charge in [0.25, 0.3) is 0 Å². The van der Waals surface area contributed by atoms with Crippen LogP contribution in [0.1, 0.15) is 71.1 Å². The molecule has 0 amide bonds. The summed E-state index contributed by atoms with van der Waals surface area (Å²) in [5.74, 6) is -0.354. The highest BCUT2D eigenvalue weighted by molar-refractivity contribution is 5.70. The van der Waals surface area contributed by atoms with E-state index in [1.807, 2.05) is 0 Å². The molecule has 8 heteroatoms. The number of ether oxygens (including phenoxy) is 7. The van der Waals surface area contributed by atoms with Crippen LogP contribution in [0.2, 0.25) is 0 Å². The van der Waals surface area contributed by atoms with Gasteiger partial charge in [0.05, 0.1) is 18.6 Å². The summed E-state index contributed by atoms with van der Waals surface area (Å²) in [4.78, 5) is 12.7. The van der Waals surface area contributed by atoms with Crippen LogP contribution in [0.3, 0.4) is 0 Å². The van der Waals surface area contributed by atoms with Gasteiger partial charge in [-0.05, 0) is 12.8 Å². The van der Waals surface area contributed by atoms with Gasteiger partial charge < -0.3 is 33.2 Å². The fraction of sp³-hybridized carbons (Fsp3) is 0.808.